The second kappa shape index (κ2) is 13.5. The summed E-state index contributed by atoms with van der Waals surface area (Å²) < 4.78 is 30.0. The van der Waals surface area contributed by atoms with Gasteiger partial charge in [0.15, 0.2) is 11.8 Å². The van der Waals surface area contributed by atoms with Crippen LogP contribution in [0.15, 0.2) is 71.6 Å². The molecule has 166 valence electrons. The number of ether oxygens (including phenoxy) is 1. The molecule has 0 saturated carbocycles. The average molecular weight is 430 g/mol. The minimum Gasteiger partial charge on any atom is -0.483 e. The van der Waals surface area contributed by atoms with E-state index in [4.69, 9.17) is 10.5 Å². The highest BCUT2D eigenvalue weighted by atomic mass is 19.1. The van der Waals surface area contributed by atoms with Crippen molar-refractivity contribution in [2.45, 2.75) is 13.0 Å². The summed E-state index contributed by atoms with van der Waals surface area (Å²) in [6, 6.07) is 12.0. The molecule has 2 aromatic carbocycles. The van der Waals surface area contributed by atoms with Crippen LogP contribution in [0.3, 0.4) is 0 Å². The second-order valence-corrected chi connectivity index (χ2v) is 6.26. The molecule has 0 aliphatic carbocycles. The van der Waals surface area contributed by atoms with E-state index in [-0.39, 0.29) is 17.7 Å². The quantitative estimate of drug-likeness (QED) is 0.394. The standard InChI is InChI=1S/C13H14FNO.C7H5FO.C3H9N3/c1-9-12(7-8-13(15-9)16-2)10-3-5-11(14)6-4-10;8-7-3-1-6(5-9)2-4-7;1-5-3(4)6-2/h3-9,15H,1-2H3;1-5H;1-2H3,(H3,4,5,6). The summed E-state index contributed by atoms with van der Waals surface area (Å²) in [4.78, 5) is 13.6. The lowest BCUT2D eigenvalue weighted by Crippen LogP contribution is -2.29. The van der Waals surface area contributed by atoms with E-state index in [1.54, 1.807) is 33.3 Å². The van der Waals surface area contributed by atoms with Gasteiger partial charge >= 0.3 is 0 Å². The number of nitrogens with two attached hydrogens (primary N) is 1. The molecule has 0 spiro atoms. The number of hydrogen-bond acceptors (Lipinski definition) is 4. The van der Waals surface area contributed by atoms with Crippen molar-refractivity contribution in [2.24, 2.45) is 10.7 Å². The SMILES string of the molecule is CN=C(N)NC.COC1=CC=C(c2ccc(F)cc2)C(C)N1.O=Cc1ccc(F)cc1. The molecule has 6 nitrogen and oxygen atoms in total. The lowest BCUT2D eigenvalue weighted by Gasteiger charge is -2.23. The predicted molar refractivity (Wildman–Crippen MR) is 120 cm³/mol. The first-order chi connectivity index (χ1) is 14.8. The van der Waals surface area contributed by atoms with Crippen LogP contribution in [0.5, 0.6) is 0 Å². The molecule has 1 aliphatic rings. The number of benzene rings is 2. The summed E-state index contributed by atoms with van der Waals surface area (Å²) in [5.74, 6) is 0.683. The number of aliphatic imine (C=N–C) groups is 1. The molecule has 2 aromatic rings. The number of allylic oxidation sites excluding steroid dienone is 2. The highest BCUT2D eigenvalue weighted by molar-refractivity contribution is 5.77. The number of rotatable bonds is 3. The van der Waals surface area contributed by atoms with Crippen molar-refractivity contribution in [3.8, 4) is 0 Å². The maximum Gasteiger partial charge on any atom is 0.188 e. The minimum absolute atomic E-state index is 0.158. The molecular formula is C23H28F2N4O2. The number of carbonyl (C=O) groups is 1. The summed E-state index contributed by atoms with van der Waals surface area (Å²) in [6.45, 7) is 2.04. The molecule has 0 aromatic heterocycles. The highest BCUT2D eigenvalue weighted by Crippen LogP contribution is 2.22. The van der Waals surface area contributed by atoms with Gasteiger partial charge in [0.05, 0.1) is 13.2 Å². The second-order valence-electron chi connectivity index (χ2n) is 6.26. The summed E-state index contributed by atoms with van der Waals surface area (Å²) in [6.07, 6.45) is 4.55. The maximum absolute atomic E-state index is 12.8. The number of dihydropyridines is 1. The van der Waals surface area contributed by atoms with Crippen LogP contribution in [0.25, 0.3) is 5.57 Å². The van der Waals surface area contributed by atoms with Gasteiger partial charge in [-0.25, -0.2) is 8.78 Å². The van der Waals surface area contributed by atoms with Crippen molar-refractivity contribution in [3.63, 3.8) is 0 Å². The fourth-order valence-electron chi connectivity index (χ4n) is 2.42. The van der Waals surface area contributed by atoms with Crippen molar-refractivity contribution < 1.29 is 18.3 Å². The van der Waals surface area contributed by atoms with E-state index in [0.29, 0.717) is 17.8 Å². The molecule has 3 rings (SSSR count). The van der Waals surface area contributed by atoms with Gasteiger partial charge in [0, 0.05) is 19.7 Å². The highest BCUT2D eigenvalue weighted by Gasteiger charge is 2.15. The zero-order valence-corrected chi connectivity index (χ0v) is 18.0. The van der Waals surface area contributed by atoms with Crippen molar-refractivity contribution in [1.29, 1.82) is 0 Å². The molecule has 0 bridgehead atoms. The first-order valence-electron chi connectivity index (χ1n) is 9.43. The number of carbonyl (C=O) groups excluding carboxylic acids is 1. The largest absolute Gasteiger partial charge is 0.483 e. The molecule has 0 fully saturated rings. The Morgan fingerprint density at radius 1 is 1.10 bits per heavy atom. The molecule has 1 unspecified atom stereocenters. The lowest BCUT2D eigenvalue weighted by atomic mass is 9.97. The summed E-state index contributed by atoms with van der Waals surface area (Å²) in [5, 5.41) is 5.85. The van der Waals surface area contributed by atoms with Crippen LogP contribution >= 0.6 is 0 Å². The van der Waals surface area contributed by atoms with Gasteiger partial charge < -0.3 is 21.1 Å². The first-order valence-corrected chi connectivity index (χ1v) is 9.43. The lowest BCUT2D eigenvalue weighted by molar-refractivity contribution is 0.112. The molecule has 0 saturated heterocycles. The van der Waals surface area contributed by atoms with Crippen molar-refractivity contribution in [3.05, 3.63) is 89.3 Å². The number of hydrogen-bond donors (Lipinski definition) is 3. The number of guanidine groups is 1. The van der Waals surface area contributed by atoms with Crippen LogP contribution in [-0.4, -0.2) is 39.5 Å². The van der Waals surface area contributed by atoms with Crippen molar-refractivity contribution in [2.75, 3.05) is 21.2 Å². The van der Waals surface area contributed by atoms with E-state index in [1.165, 1.54) is 36.4 Å². The van der Waals surface area contributed by atoms with Gasteiger partial charge in [-0.15, -0.1) is 0 Å². The van der Waals surface area contributed by atoms with Crippen LogP contribution in [-0.2, 0) is 4.74 Å². The summed E-state index contributed by atoms with van der Waals surface area (Å²) in [7, 11) is 4.98. The Kier molecular flexibility index (Phi) is 11.1. The number of aldehydes is 1. The van der Waals surface area contributed by atoms with Gasteiger partial charge in [-0.2, -0.15) is 0 Å². The summed E-state index contributed by atoms with van der Waals surface area (Å²) in [5.41, 5.74) is 7.75. The van der Waals surface area contributed by atoms with E-state index in [1.807, 2.05) is 19.1 Å². The molecule has 1 aliphatic heterocycles. The Hall–Kier alpha value is -3.68. The Morgan fingerprint density at radius 2 is 1.65 bits per heavy atom. The smallest absolute Gasteiger partial charge is 0.188 e. The Bertz CT molecular complexity index is 908. The van der Waals surface area contributed by atoms with Gasteiger partial charge in [0.1, 0.15) is 17.9 Å². The molecule has 4 N–H and O–H groups in total. The van der Waals surface area contributed by atoms with E-state index >= 15 is 0 Å². The first kappa shape index (κ1) is 25.4. The molecule has 0 amide bonds. The van der Waals surface area contributed by atoms with Gasteiger partial charge in [0.25, 0.3) is 0 Å². The van der Waals surface area contributed by atoms with Crippen LogP contribution in [0.2, 0.25) is 0 Å². The van der Waals surface area contributed by atoms with E-state index < -0.39 is 0 Å². The van der Waals surface area contributed by atoms with Crippen molar-refractivity contribution in [1.82, 2.24) is 10.6 Å². The zero-order chi connectivity index (χ0) is 23.2. The fourth-order valence-corrected chi connectivity index (χ4v) is 2.42. The topological polar surface area (TPSA) is 88.7 Å². The normalized spacial score (nSPS) is 14.9. The Labute approximate surface area is 181 Å². The van der Waals surface area contributed by atoms with E-state index in [2.05, 4.69) is 15.6 Å². The third-order valence-electron chi connectivity index (χ3n) is 4.14. The van der Waals surface area contributed by atoms with Crippen LogP contribution in [0.1, 0.15) is 22.8 Å². The van der Waals surface area contributed by atoms with Gasteiger partial charge in [-0.3, -0.25) is 9.79 Å². The van der Waals surface area contributed by atoms with Crippen LogP contribution in [0.4, 0.5) is 8.78 Å². The van der Waals surface area contributed by atoms with E-state index in [9.17, 15) is 13.6 Å². The minimum atomic E-state index is -0.319. The monoisotopic (exact) mass is 430 g/mol. The molecule has 1 heterocycles. The van der Waals surface area contributed by atoms with Crippen molar-refractivity contribution >= 4 is 17.8 Å². The Balaban J connectivity index is 0.000000270. The van der Waals surface area contributed by atoms with E-state index in [0.717, 1.165) is 17.0 Å². The molecule has 31 heavy (non-hydrogen) atoms. The number of methoxy groups -OCH3 is 1. The maximum atomic E-state index is 12.8. The zero-order valence-electron chi connectivity index (χ0n) is 18.0. The van der Waals surface area contributed by atoms with Gasteiger partial charge in [-0.1, -0.05) is 18.2 Å². The number of nitrogens with one attached hydrogen (secondary N) is 2. The average Bonchev–Trinajstić information content (AvgIpc) is 2.80. The molecule has 8 heteroatoms. The fraction of sp³-hybridized carbons (Fsp3) is 0.217. The van der Waals surface area contributed by atoms with Gasteiger partial charge in [0.2, 0.25) is 0 Å². The summed E-state index contributed by atoms with van der Waals surface area (Å²) >= 11 is 0. The predicted octanol–water partition coefficient (Wildman–Crippen LogP) is 3.48. The number of nitrogens with zero attached hydrogens (tertiary/aromatic N) is 1. The third kappa shape index (κ3) is 9.12. The molecule has 0 radical (unpaired) electrons. The van der Waals surface area contributed by atoms with Gasteiger partial charge in [-0.05, 0) is 60.5 Å². The number of halogens is 2. The third-order valence-corrected chi connectivity index (χ3v) is 4.14. The van der Waals surface area contributed by atoms with Crippen LogP contribution in [0, 0.1) is 11.6 Å². The van der Waals surface area contributed by atoms with Crippen LogP contribution < -0.4 is 16.4 Å². The Morgan fingerprint density at radius 3 is 2.03 bits per heavy atom. The molecular weight excluding hydrogens is 402 g/mol. The molecule has 1 atom stereocenters.